The lowest BCUT2D eigenvalue weighted by Gasteiger charge is -2.22. The van der Waals surface area contributed by atoms with Gasteiger partial charge in [0.2, 0.25) is 17.7 Å². The van der Waals surface area contributed by atoms with Gasteiger partial charge in [0.05, 0.1) is 5.56 Å². The van der Waals surface area contributed by atoms with E-state index in [1.807, 2.05) is 6.07 Å². The first kappa shape index (κ1) is 22.9. The van der Waals surface area contributed by atoms with Gasteiger partial charge < -0.3 is 16.4 Å². The van der Waals surface area contributed by atoms with Crippen molar-refractivity contribution >= 4 is 17.7 Å². The number of hydrogen-bond donors (Lipinski definition) is 3. The van der Waals surface area contributed by atoms with Gasteiger partial charge in [-0.05, 0) is 23.3 Å². The smallest absolute Gasteiger partial charge is 0.368 e. The Morgan fingerprint density at radius 1 is 0.867 bits per heavy atom. The number of nitrogens with two attached hydrogens (primary N) is 1. The zero-order chi connectivity index (χ0) is 22.3. The number of carbonyl (C=O) groups is 3. The maximum Gasteiger partial charge on any atom is 0.416 e. The van der Waals surface area contributed by atoms with E-state index in [2.05, 4.69) is 10.6 Å². The van der Waals surface area contributed by atoms with Gasteiger partial charge in [-0.15, -0.1) is 0 Å². The summed E-state index contributed by atoms with van der Waals surface area (Å²) in [5.74, 6) is -1.89. The quantitative estimate of drug-likeness (QED) is 0.607. The van der Waals surface area contributed by atoms with E-state index in [1.54, 1.807) is 24.3 Å². The zero-order valence-corrected chi connectivity index (χ0v) is 16.2. The van der Waals surface area contributed by atoms with Gasteiger partial charge in [0.25, 0.3) is 0 Å². The summed E-state index contributed by atoms with van der Waals surface area (Å²) >= 11 is 0. The van der Waals surface area contributed by atoms with Gasteiger partial charge in [-0.25, -0.2) is 0 Å². The number of rotatable bonds is 8. The van der Waals surface area contributed by atoms with Gasteiger partial charge in [0, 0.05) is 19.8 Å². The van der Waals surface area contributed by atoms with Crippen LogP contribution in [0.25, 0.3) is 0 Å². The largest absolute Gasteiger partial charge is 0.416 e. The van der Waals surface area contributed by atoms with Crippen molar-refractivity contribution in [2.45, 2.75) is 38.0 Å². The molecule has 0 aromatic heterocycles. The van der Waals surface area contributed by atoms with Gasteiger partial charge in [0.1, 0.15) is 12.1 Å². The van der Waals surface area contributed by atoms with Gasteiger partial charge in [-0.3, -0.25) is 14.4 Å². The molecule has 30 heavy (non-hydrogen) atoms. The number of hydrogen-bond acceptors (Lipinski definition) is 3. The highest BCUT2D eigenvalue weighted by molar-refractivity contribution is 5.91. The highest BCUT2D eigenvalue weighted by Gasteiger charge is 2.30. The molecule has 0 aliphatic carbocycles. The van der Waals surface area contributed by atoms with Crippen molar-refractivity contribution in [2.24, 2.45) is 5.73 Å². The van der Waals surface area contributed by atoms with Crippen LogP contribution in [-0.2, 0) is 33.4 Å². The summed E-state index contributed by atoms with van der Waals surface area (Å²) in [6.07, 6.45) is -4.37. The molecular formula is C21H22F3N3O3. The first-order valence-corrected chi connectivity index (χ1v) is 9.13. The summed E-state index contributed by atoms with van der Waals surface area (Å²) in [6, 6.07) is 11.1. The molecule has 160 valence electrons. The van der Waals surface area contributed by atoms with Crippen LogP contribution in [0.15, 0.2) is 54.6 Å². The van der Waals surface area contributed by atoms with Crippen molar-refractivity contribution in [2.75, 3.05) is 0 Å². The third kappa shape index (κ3) is 6.91. The highest BCUT2D eigenvalue weighted by Crippen LogP contribution is 2.29. The second-order valence-electron chi connectivity index (χ2n) is 6.81. The third-order valence-corrected chi connectivity index (χ3v) is 4.36. The molecule has 0 aliphatic heterocycles. The molecule has 2 atom stereocenters. The fourth-order valence-electron chi connectivity index (χ4n) is 2.87. The van der Waals surface area contributed by atoms with Crippen LogP contribution in [0.5, 0.6) is 0 Å². The third-order valence-electron chi connectivity index (χ3n) is 4.36. The summed E-state index contributed by atoms with van der Waals surface area (Å²) in [6.45, 7) is 1.26. The molecule has 2 aromatic carbocycles. The van der Waals surface area contributed by atoms with E-state index >= 15 is 0 Å². The summed E-state index contributed by atoms with van der Waals surface area (Å²) in [4.78, 5) is 36.0. The fourth-order valence-corrected chi connectivity index (χ4v) is 2.87. The second kappa shape index (κ2) is 9.91. The average Bonchev–Trinajstić information content (AvgIpc) is 2.67. The number of amides is 3. The van der Waals surface area contributed by atoms with Gasteiger partial charge in [-0.2, -0.15) is 13.2 Å². The van der Waals surface area contributed by atoms with Crippen molar-refractivity contribution in [1.29, 1.82) is 0 Å². The molecule has 0 saturated heterocycles. The maximum atomic E-state index is 12.7. The number of benzene rings is 2. The Labute approximate surface area is 171 Å². The topological polar surface area (TPSA) is 101 Å². The summed E-state index contributed by atoms with van der Waals surface area (Å²) in [5, 5.41) is 5.02. The molecule has 0 heterocycles. The standard InChI is InChI=1S/C21H22F3N3O3/c1-13(28)26-18(12-14-5-3-2-4-6-14)20(30)27-17(19(25)29)11-15-7-9-16(10-8-15)21(22,23)24/h2-10,17-18H,11-12H2,1H3,(H2,25,29)(H,26,28)(H,27,30)/t17-,18+/m1/s1. The molecule has 2 rings (SSSR count). The predicted octanol–water partition coefficient (Wildman–Crippen LogP) is 1.97. The Morgan fingerprint density at radius 3 is 1.90 bits per heavy atom. The van der Waals surface area contributed by atoms with Crippen LogP contribution in [0, 0.1) is 0 Å². The van der Waals surface area contributed by atoms with E-state index in [9.17, 15) is 27.6 Å². The number of nitrogens with one attached hydrogen (secondary N) is 2. The van der Waals surface area contributed by atoms with E-state index in [4.69, 9.17) is 5.73 Å². The van der Waals surface area contributed by atoms with Gasteiger partial charge >= 0.3 is 6.18 Å². The second-order valence-corrected chi connectivity index (χ2v) is 6.81. The molecule has 0 fully saturated rings. The van der Waals surface area contributed by atoms with Crippen LogP contribution >= 0.6 is 0 Å². The van der Waals surface area contributed by atoms with Crippen LogP contribution in [0.2, 0.25) is 0 Å². The minimum Gasteiger partial charge on any atom is -0.368 e. The number of halogens is 3. The summed E-state index contributed by atoms with van der Waals surface area (Å²) < 4.78 is 38.1. The lowest BCUT2D eigenvalue weighted by Crippen LogP contribution is -2.54. The fraction of sp³-hybridized carbons (Fsp3) is 0.286. The molecule has 4 N–H and O–H groups in total. The Bertz CT molecular complexity index is 884. The molecule has 0 spiro atoms. The Kier molecular flexibility index (Phi) is 7.57. The monoisotopic (exact) mass is 421 g/mol. The minimum atomic E-state index is -4.47. The van der Waals surface area contributed by atoms with E-state index < -0.39 is 41.5 Å². The van der Waals surface area contributed by atoms with Crippen LogP contribution < -0.4 is 16.4 Å². The minimum absolute atomic E-state index is 0.0860. The van der Waals surface area contributed by atoms with Crippen LogP contribution in [0.3, 0.4) is 0 Å². The lowest BCUT2D eigenvalue weighted by atomic mass is 10.0. The summed E-state index contributed by atoms with van der Waals surface area (Å²) in [5.41, 5.74) is 5.74. The van der Waals surface area contributed by atoms with E-state index in [0.29, 0.717) is 5.56 Å². The molecule has 0 unspecified atom stereocenters. The van der Waals surface area contributed by atoms with Gasteiger partial charge in [-0.1, -0.05) is 42.5 Å². The predicted molar refractivity (Wildman–Crippen MR) is 104 cm³/mol. The molecule has 2 aromatic rings. The zero-order valence-electron chi connectivity index (χ0n) is 16.2. The Morgan fingerprint density at radius 2 is 1.40 bits per heavy atom. The molecule has 0 saturated carbocycles. The van der Waals surface area contributed by atoms with Crippen molar-refractivity contribution in [1.82, 2.24) is 10.6 Å². The molecule has 0 radical (unpaired) electrons. The van der Waals surface area contributed by atoms with E-state index in [-0.39, 0.29) is 12.8 Å². The van der Waals surface area contributed by atoms with Crippen LogP contribution in [-0.4, -0.2) is 29.8 Å². The highest BCUT2D eigenvalue weighted by atomic mass is 19.4. The van der Waals surface area contributed by atoms with Crippen LogP contribution in [0.4, 0.5) is 13.2 Å². The number of carbonyl (C=O) groups excluding carboxylic acids is 3. The molecule has 0 bridgehead atoms. The molecule has 3 amide bonds. The first-order valence-electron chi connectivity index (χ1n) is 9.13. The molecular weight excluding hydrogens is 399 g/mol. The van der Waals surface area contributed by atoms with Crippen molar-refractivity contribution in [3.63, 3.8) is 0 Å². The van der Waals surface area contributed by atoms with E-state index in [1.165, 1.54) is 19.1 Å². The molecule has 9 heteroatoms. The first-order chi connectivity index (χ1) is 14.1. The van der Waals surface area contributed by atoms with E-state index in [0.717, 1.165) is 17.7 Å². The lowest BCUT2D eigenvalue weighted by molar-refractivity contribution is -0.137. The average molecular weight is 421 g/mol. The summed E-state index contributed by atoms with van der Waals surface area (Å²) in [7, 11) is 0. The van der Waals surface area contributed by atoms with Gasteiger partial charge in [0.15, 0.2) is 0 Å². The Balaban J connectivity index is 2.11. The van der Waals surface area contributed by atoms with Crippen molar-refractivity contribution < 1.29 is 27.6 Å². The van der Waals surface area contributed by atoms with Crippen molar-refractivity contribution in [3.05, 3.63) is 71.3 Å². The molecule has 0 aliphatic rings. The maximum absolute atomic E-state index is 12.7. The number of alkyl halides is 3. The van der Waals surface area contributed by atoms with Crippen molar-refractivity contribution in [3.8, 4) is 0 Å². The number of primary amides is 1. The normalized spacial score (nSPS) is 13.2. The molecule has 6 nitrogen and oxygen atoms in total. The Hall–Kier alpha value is -3.36. The SMILES string of the molecule is CC(=O)N[C@@H](Cc1ccccc1)C(=O)N[C@H](Cc1ccc(C(F)(F)F)cc1)C(N)=O. The van der Waals surface area contributed by atoms with Crippen LogP contribution in [0.1, 0.15) is 23.6 Å².